The highest BCUT2D eigenvalue weighted by atomic mass is 32.1. The van der Waals surface area contributed by atoms with Gasteiger partial charge in [0.2, 0.25) is 0 Å². The molecule has 1 rings (SSSR count). The van der Waals surface area contributed by atoms with Gasteiger partial charge in [0.1, 0.15) is 0 Å². The van der Waals surface area contributed by atoms with Gasteiger partial charge >= 0.3 is 0 Å². The van der Waals surface area contributed by atoms with Crippen LogP contribution in [0.15, 0.2) is 18.5 Å². The molecule has 0 aliphatic heterocycles. The summed E-state index contributed by atoms with van der Waals surface area (Å²) in [5.41, 5.74) is 9.24. The Balaban J connectivity index is 0.000000148. The molecule has 50 valence electrons. The number of hydrogen-bond acceptors (Lipinski definition) is 2. The zero-order valence-corrected chi connectivity index (χ0v) is 5.56. The minimum atomic E-state index is 0.000000000000000222. The number of nitrogens with two attached hydrogens (primary N) is 2. The highest BCUT2D eigenvalue weighted by Gasteiger charge is 1.56. The quantitative estimate of drug-likeness (QED) is 0.433. The van der Waals surface area contributed by atoms with Crippen molar-refractivity contribution in [3.8, 4) is 0 Å². The molecule has 0 saturated heterocycles. The smallest absolute Gasteiger partial charge is 0.160 e. The molecular weight excluding hydrogens is 136 g/mol. The van der Waals surface area contributed by atoms with E-state index in [1.54, 1.807) is 12.4 Å². The summed E-state index contributed by atoms with van der Waals surface area (Å²) >= 11 is 4.09. The van der Waals surface area contributed by atoms with E-state index in [4.69, 9.17) is 0 Å². The molecule has 5 heteroatoms. The number of rotatable bonds is 0. The molecule has 1 heterocycles. The van der Waals surface area contributed by atoms with Gasteiger partial charge in [0, 0.05) is 12.4 Å². The topological polar surface area (TPSA) is 80.7 Å². The van der Waals surface area contributed by atoms with Crippen molar-refractivity contribution in [1.82, 2.24) is 10.2 Å². The summed E-state index contributed by atoms with van der Waals surface area (Å²) in [5, 5.41) is 6.21. The molecule has 0 spiro atoms. The molecule has 0 aliphatic carbocycles. The second-order valence-corrected chi connectivity index (χ2v) is 1.64. The summed E-state index contributed by atoms with van der Waals surface area (Å²) in [6.45, 7) is 0. The Bertz CT molecular complexity index is 126. The van der Waals surface area contributed by atoms with E-state index >= 15 is 0 Å². The van der Waals surface area contributed by atoms with Crippen molar-refractivity contribution in [3.05, 3.63) is 18.5 Å². The molecule has 0 bridgehead atoms. The summed E-state index contributed by atoms with van der Waals surface area (Å²) in [5.74, 6) is 0. The first kappa shape index (κ1) is 7.90. The molecule has 5 N–H and O–H groups in total. The average Bonchev–Trinajstić information content (AvgIpc) is 2.11. The predicted octanol–water partition coefficient (Wildman–Crippen LogP) is -0.402. The maximum absolute atomic E-state index is 4.62. The third-order valence-electron chi connectivity index (χ3n) is 0.406. The zero-order valence-electron chi connectivity index (χ0n) is 4.74. The first-order valence-electron chi connectivity index (χ1n) is 2.22. The van der Waals surface area contributed by atoms with Crippen LogP contribution in [-0.4, -0.2) is 15.3 Å². The van der Waals surface area contributed by atoms with Gasteiger partial charge in [-0.1, -0.05) is 0 Å². The number of hydrogen-bond donors (Lipinski definition) is 3. The molecule has 0 unspecified atom stereocenters. The second-order valence-electron chi connectivity index (χ2n) is 1.17. The van der Waals surface area contributed by atoms with E-state index in [2.05, 4.69) is 33.9 Å². The lowest BCUT2D eigenvalue weighted by atomic mass is 10.8. The molecule has 0 aromatic carbocycles. The van der Waals surface area contributed by atoms with E-state index in [0.29, 0.717) is 0 Å². The normalized spacial score (nSPS) is 7.11. The molecule has 1 aromatic rings. The maximum Gasteiger partial charge on any atom is 0.160 e. The summed E-state index contributed by atoms with van der Waals surface area (Å²) < 4.78 is 0. The lowest BCUT2D eigenvalue weighted by Crippen LogP contribution is -2.18. The van der Waals surface area contributed by atoms with Gasteiger partial charge in [-0.15, -0.1) is 0 Å². The Hall–Kier alpha value is -1.10. The molecule has 0 aliphatic rings. The van der Waals surface area contributed by atoms with E-state index in [-0.39, 0.29) is 5.11 Å². The Morgan fingerprint density at radius 2 is 2.11 bits per heavy atom. The van der Waals surface area contributed by atoms with Crippen molar-refractivity contribution in [2.75, 3.05) is 0 Å². The third kappa shape index (κ3) is 10.9. The van der Waals surface area contributed by atoms with Crippen LogP contribution in [0.2, 0.25) is 0 Å². The number of aromatic nitrogens is 2. The Morgan fingerprint density at radius 1 is 1.56 bits per heavy atom. The van der Waals surface area contributed by atoms with Gasteiger partial charge in [0.25, 0.3) is 0 Å². The van der Waals surface area contributed by atoms with Crippen LogP contribution in [0.3, 0.4) is 0 Å². The van der Waals surface area contributed by atoms with Crippen molar-refractivity contribution in [2.45, 2.75) is 0 Å². The van der Waals surface area contributed by atoms with Crippen molar-refractivity contribution in [1.29, 1.82) is 0 Å². The highest BCUT2D eigenvalue weighted by Crippen LogP contribution is 1.64. The Labute approximate surface area is 58.2 Å². The van der Waals surface area contributed by atoms with Crippen molar-refractivity contribution < 1.29 is 0 Å². The van der Waals surface area contributed by atoms with Crippen LogP contribution in [0.25, 0.3) is 0 Å². The van der Waals surface area contributed by atoms with Crippen molar-refractivity contribution in [3.63, 3.8) is 0 Å². The second kappa shape index (κ2) is 5.04. The van der Waals surface area contributed by atoms with Gasteiger partial charge in [-0.3, -0.25) is 5.10 Å². The van der Waals surface area contributed by atoms with E-state index in [9.17, 15) is 0 Å². The van der Waals surface area contributed by atoms with Gasteiger partial charge in [0.05, 0.1) is 0 Å². The number of aromatic amines is 1. The highest BCUT2D eigenvalue weighted by molar-refractivity contribution is 7.80. The van der Waals surface area contributed by atoms with Gasteiger partial charge in [-0.2, -0.15) is 5.10 Å². The van der Waals surface area contributed by atoms with Gasteiger partial charge in [0.15, 0.2) is 5.11 Å². The fourth-order valence-electron chi connectivity index (χ4n) is 0.215. The van der Waals surface area contributed by atoms with Crippen LogP contribution in [0.4, 0.5) is 0 Å². The van der Waals surface area contributed by atoms with Crippen molar-refractivity contribution >= 4 is 17.3 Å². The monoisotopic (exact) mass is 144 g/mol. The van der Waals surface area contributed by atoms with Gasteiger partial charge in [-0.05, 0) is 18.3 Å². The van der Waals surface area contributed by atoms with Crippen LogP contribution >= 0.6 is 12.2 Å². The average molecular weight is 144 g/mol. The summed E-state index contributed by atoms with van der Waals surface area (Å²) in [7, 11) is 0. The number of H-pyrrole nitrogens is 1. The Morgan fingerprint density at radius 3 is 2.22 bits per heavy atom. The molecule has 0 fully saturated rings. The molecule has 0 saturated carbocycles. The van der Waals surface area contributed by atoms with E-state index in [1.807, 2.05) is 6.07 Å². The minimum Gasteiger partial charge on any atom is -0.377 e. The van der Waals surface area contributed by atoms with Gasteiger partial charge in [-0.25, -0.2) is 0 Å². The molecule has 0 radical (unpaired) electrons. The van der Waals surface area contributed by atoms with E-state index < -0.39 is 0 Å². The number of nitrogens with zero attached hydrogens (tertiary/aromatic N) is 1. The fraction of sp³-hybridized carbons (Fsp3) is 0. The van der Waals surface area contributed by atoms with E-state index in [0.717, 1.165) is 0 Å². The first-order chi connectivity index (χ1) is 4.23. The molecule has 9 heavy (non-hydrogen) atoms. The largest absolute Gasteiger partial charge is 0.377 e. The molecule has 0 atom stereocenters. The Kier molecular flexibility index (Phi) is 4.43. The van der Waals surface area contributed by atoms with Crippen molar-refractivity contribution in [2.24, 2.45) is 11.5 Å². The number of thiocarbonyl (C=S) groups is 1. The van der Waals surface area contributed by atoms with Crippen LogP contribution in [0.1, 0.15) is 0 Å². The summed E-state index contributed by atoms with van der Waals surface area (Å²) in [6.07, 6.45) is 3.46. The third-order valence-corrected chi connectivity index (χ3v) is 0.406. The predicted molar refractivity (Wildman–Crippen MR) is 39.6 cm³/mol. The van der Waals surface area contributed by atoms with Crippen LogP contribution in [0.5, 0.6) is 0 Å². The van der Waals surface area contributed by atoms with Crippen LogP contribution in [0, 0.1) is 0 Å². The summed E-state index contributed by atoms with van der Waals surface area (Å²) in [4.78, 5) is 0. The fourth-order valence-corrected chi connectivity index (χ4v) is 0.215. The molecule has 4 nitrogen and oxygen atoms in total. The molecular formula is C4H8N4S. The number of nitrogens with one attached hydrogen (secondary N) is 1. The molecule has 1 aromatic heterocycles. The van der Waals surface area contributed by atoms with Gasteiger partial charge < -0.3 is 11.5 Å². The van der Waals surface area contributed by atoms with E-state index in [1.165, 1.54) is 0 Å². The standard InChI is InChI=1S/C3H4N2.CH4N2S/c1-2-4-5-3-1;2-1(3)4/h1-3H,(H,4,5);(H4,2,3,4). The van der Waals surface area contributed by atoms with Crippen LogP contribution < -0.4 is 11.5 Å². The van der Waals surface area contributed by atoms with Crippen LogP contribution in [-0.2, 0) is 0 Å². The minimum absolute atomic E-state index is 0.000000000000000222. The summed E-state index contributed by atoms with van der Waals surface area (Å²) in [6, 6.07) is 1.83. The SMILES string of the molecule is NC(N)=S.c1cn[nH]c1. The molecule has 0 amide bonds. The maximum atomic E-state index is 4.62. The first-order valence-corrected chi connectivity index (χ1v) is 2.63. The lowest BCUT2D eigenvalue weighted by Gasteiger charge is -1.68. The zero-order chi connectivity index (χ0) is 7.11. The lowest BCUT2D eigenvalue weighted by molar-refractivity contribution is 1.09.